The van der Waals surface area contributed by atoms with Gasteiger partial charge in [-0.1, -0.05) is 153 Å². The van der Waals surface area contributed by atoms with Crippen molar-refractivity contribution in [3.8, 4) is 50.2 Å². The van der Waals surface area contributed by atoms with Gasteiger partial charge in [0.2, 0.25) is 0 Å². The quantitative estimate of drug-likeness (QED) is 0.158. The number of nitrogens with zero attached hydrogens (tertiary/aromatic N) is 2. The summed E-state index contributed by atoms with van der Waals surface area (Å²) >= 11 is 0. The van der Waals surface area contributed by atoms with E-state index in [0.29, 0.717) is 0 Å². The lowest BCUT2D eigenvalue weighted by atomic mass is 9.82. The number of hydrogen-bond donors (Lipinski definition) is 0. The van der Waals surface area contributed by atoms with Gasteiger partial charge in [0.15, 0.2) is 0 Å². The summed E-state index contributed by atoms with van der Waals surface area (Å²) in [6, 6.07) is 76.5. The number of hydrogen-bond acceptors (Lipinski definition) is 1. The number of para-hydroxylation sites is 1. The van der Waals surface area contributed by atoms with Crippen molar-refractivity contribution in [3.05, 3.63) is 217 Å². The average molecular weight is 777 g/mol. The van der Waals surface area contributed by atoms with E-state index in [1.54, 1.807) is 0 Å². The molecule has 0 aliphatic heterocycles. The van der Waals surface area contributed by atoms with Crippen LogP contribution >= 0.6 is 0 Å². The molecule has 0 saturated carbocycles. The Morgan fingerprint density at radius 1 is 0.361 bits per heavy atom. The SMILES string of the molecule is CC1(C)c2ccccc2-c2ccc(N(c3ccccc3)c3ccc(-c4ccc(-n5c6cccc7c6c6c8c(cc9ccccc9c8ccc65)-c5ccccc5-7)cc4)cc3)cc21. The van der Waals surface area contributed by atoms with E-state index in [0.717, 1.165) is 22.7 Å². The summed E-state index contributed by atoms with van der Waals surface area (Å²) in [5.41, 5.74) is 20.0. The molecule has 0 N–H and O–H groups in total. The van der Waals surface area contributed by atoms with Gasteiger partial charge in [-0.3, -0.25) is 0 Å². The van der Waals surface area contributed by atoms with Gasteiger partial charge in [-0.15, -0.1) is 0 Å². The van der Waals surface area contributed by atoms with Crippen molar-refractivity contribution in [1.29, 1.82) is 0 Å². The maximum atomic E-state index is 2.47. The number of benzene rings is 10. The lowest BCUT2D eigenvalue weighted by molar-refractivity contribution is 0.660. The second-order valence-corrected chi connectivity index (χ2v) is 17.3. The summed E-state index contributed by atoms with van der Waals surface area (Å²) < 4.78 is 2.47. The van der Waals surface area contributed by atoms with E-state index in [1.165, 1.54) is 99.0 Å². The normalized spacial score (nSPS) is 13.2. The van der Waals surface area contributed by atoms with Crippen molar-refractivity contribution < 1.29 is 0 Å². The highest BCUT2D eigenvalue weighted by Crippen LogP contribution is 2.52. The number of anilines is 3. The Bertz CT molecular complexity index is 3590. The van der Waals surface area contributed by atoms with Crippen LogP contribution in [-0.4, -0.2) is 4.57 Å². The van der Waals surface area contributed by atoms with Crippen molar-refractivity contribution >= 4 is 60.4 Å². The second kappa shape index (κ2) is 12.7. The summed E-state index contributed by atoms with van der Waals surface area (Å²) in [7, 11) is 0. The first-order valence-corrected chi connectivity index (χ1v) is 21.3. The van der Waals surface area contributed by atoms with Gasteiger partial charge in [-0.2, -0.15) is 0 Å². The molecule has 13 rings (SSSR count). The summed E-state index contributed by atoms with van der Waals surface area (Å²) in [5.74, 6) is 0. The maximum absolute atomic E-state index is 2.47. The monoisotopic (exact) mass is 776 g/mol. The van der Waals surface area contributed by atoms with Crippen LogP contribution in [0.25, 0.3) is 93.5 Å². The van der Waals surface area contributed by atoms with E-state index in [9.17, 15) is 0 Å². The molecule has 0 saturated heterocycles. The zero-order valence-electron chi connectivity index (χ0n) is 34.0. The Morgan fingerprint density at radius 2 is 0.967 bits per heavy atom. The molecule has 0 spiro atoms. The molecule has 0 unspecified atom stereocenters. The first kappa shape index (κ1) is 34.2. The minimum Gasteiger partial charge on any atom is -0.310 e. The highest BCUT2D eigenvalue weighted by molar-refractivity contribution is 6.33. The molecule has 61 heavy (non-hydrogen) atoms. The topological polar surface area (TPSA) is 8.17 Å². The molecule has 2 aliphatic carbocycles. The molecule has 1 heterocycles. The smallest absolute Gasteiger partial charge is 0.0548 e. The van der Waals surface area contributed by atoms with Gasteiger partial charge in [0.25, 0.3) is 0 Å². The molecular formula is C59H40N2. The van der Waals surface area contributed by atoms with Crippen LogP contribution in [0.4, 0.5) is 17.1 Å². The van der Waals surface area contributed by atoms with Gasteiger partial charge >= 0.3 is 0 Å². The fourth-order valence-corrected chi connectivity index (χ4v) is 10.9. The molecule has 2 heteroatoms. The molecule has 0 bridgehead atoms. The van der Waals surface area contributed by atoms with Crippen molar-refractivity contribution in [2.45, 2.75) is 19.3 Å². The Morgan fingerprint density at radius 3 is 1.77 bits per heavy atom. The van der Waals surface area contributed by atoms with E-state index in [2.05, 4.69) is 230 Å². The van der Waals surface area contributed by atoms with E-state index < -0.39 is 0 Å². The van der Waals surface area contributed by atoms with E-state index in [1.807, 2.05) is 0 Å². The van der Waals surface area contributed by atoms with Crippen LogP contribution in [0.3, 0.4) is 0 Å². The molecule has 0 fully saturated rings. The third-order valence-electron chi connectivity index (χ3n) is 13.7. The molecular weight excluding hydrogens is 737 g/mol. The van der Waals surface area contributed by atoms with Crippen LogP contribution in [-0.2, 0) is 5.41 Å². The molecule has 2 nitrogen and oxygen atoms in total. The Labute approximate surface area is 355 Å². The summed E-state index contributed by atoms with van der Waals surface area (Å²) in [6.45, 7) is 4.70. The third-order valence-corrected chi connectivity index (χ3v) is 13.7. The Kier molecular flexibility index (Phi) is 7.10. The number of fused-ring (bicyclic) bond motifs is 8. The zero-order valence-corrected chi connectivity index (χ0v) is 34.0. The van der Waals surface area contributed by atoms with Gasteiger partial charge in [0.1, 0.15) is 0 Å². The largest absolute Gasteiger partial charge is 0.310 e. The van der Waals surface area contributed by atoms with Crippen LogP contribution < -0.4 is 4.90 Å². The summed E-state index contributed by atoms with van der Waals surface area (Å²) in [6.07, 6.45) is 0. The fraction of sp³-hybridized carbons (Fsp3) is 0.0508. The lowest BCUT2D eigenvalue weighted by Gasteiger charge is -2.28. The first-order chi connectivity index (χ1) is 30.0. The lowest BCUT2D eigenvalue weighted by Crippen LogP contribution is -2.16. The molecule has 286 valence electrons. The van der Waals surface area contributed by atoms with E-state index >= 15 is 0 Å². The molecule has 0 radical (unpaired) electrons. The predicted molar refractivity (Wildman–Crippen MR) is 258 cm³/mol. The van der Waals surface area contributed by atoms with Crippen LogP contribution in [0.2, 0.25) is 0 Å². The van der Waals surface area contributed by atoms with Crippen LogP contribution in [0, 0.1) is 0 Å². The minimum atomic E-state index is -0.0750. The number of aromatic nitrogens is 1. The van der Waals surface area contributed by atoms with Gasteiger partial charge in [0.05, 0.1) is 11.0 Å². The van der Waals surface area contributed by atoms with Gasteiger partial charge in [0, 0.05) is 44.3 Å². The van der Waals surface area contributed by atoms with Crippen LogP contribution in [0.5, 0.6) is 0 Å². The van der Waals surface area contributed by atoms with Crippen molar-refractivity contribution in [3.63, 3.8) is 0 Å². The zero-order chi connectivity index (χ0) is 40.4. The van der Waals surface area contributed by atoms with Crippen molar-refractivity contribution in [2.75, 3.05) is 4.90 Å². The van der Waals surface area contributed by atoms with E-state index in [-0.39, 0.29) is 5.41 Å². The molecule has 11 aromatic rings. The van der Waals surface area contributed by atoms with Gasteiger partial charge in [-0.25, -0.2) is 0 Å². The minimum absolute atomic E-state index is 0.0750. The molecule has 1 aromatic heterocycles. The van der Waals surface area contributed by atoms with Gasteiger partial charge < -0.3 is 9.47 Å². The summed E-state index contributed by atoms with van der Waals surface area (Å²) in [4.78, 5) is 2.38. The third kappa shape index (κ3) is 4.85. The van der Waals surface area contributed by atoms with E-state index in [4.69, 9.17) is 0 Å². The second-order valence-electron chi connectivity index (χ2n) is 17.3. The predicted octanol–water partition coefficient (Wildman–Crippen LogP) is 16.2. The highest BCUT2D eigenvalue weighted by Gasteiger charge is 2.36. The number of rotatable bonds is 5. The fourth-order valence-electron chi connectivity index (χ4n) is 10.9. The molecule has 2 aliphatic rings. The van der Waals surface area contributed by atoms with Crippen LogP contribution in [0.1, 0.15) is 25.0 Å². The average Bonchev–Trinajstić information content (AvgIpc) is 3.73. The van der Waals surface area contributed by atoms with Gasteiger partial charge in [-0.05, 0) is 139 Å². The first-order valence-electron chi connectivity index (χ1n) is 21.3. The molecule has 0 amide bonds. The standard InChI is InChI=1S/C59H40N2/c1-59(2)52-21-11-10-19-47(52)48-32-31-43(36-53(48)59)60(40-14-4-3-5-15-40)41-27-23-37(24-28-41)38-25-29-42(30-26-38)61-54-22-12-20-49-45-17-8-9-18-46(45)51-35-39-13-6-7-16-44(39)50-33-34-55(61)58(56(50)51)57(49)54/h3-36H,1-2H3. The molecule has 10 aromatic carbocycles. The Hall–Kier alpha value is -7.68. The van der Waals surface area contributed by atoms with Crippen molar-refractivity contribution in [2.24, 2.45) is 0 Å². The summed E-state index contributed by atoms with van der Waals surface area (Å²) in [5, 5.41) is 7.87. The highest BCUT2D eigenvalue weighted by atomic mass is 15.1. The maximum Gasteiger partial charge on any atom is 0.0548 e. The van der Waals surface area contributed by atoms with Crippen molar-refractivity contribution in [1.82, 2.24) is 4.57 Å². The van der Waals surface area contributed by atoms with Crippen LogP contribution in [0.15, 0.2) is 206 Å². The molecule has 0 atom stereocenters. The Balaban J connectivity index is 0.912.